The van der Waals surface area contributed by atoms with Crippen molar-refractivity contribution in [1.82, 2.24) is 9.88 Å². The van der Waals surface area contributed by atoms with E-state index in [1.807, 2.05) is 54.9 Å². The first-order valence-corrected chi connectivity index (χ1v) is 11.6. The van der Waals surface area contributed by atoms with E-state index in [4.69, 9.17) is 16.3 Å². The smallest absolute Gasteiger partial charge is 0.131 e. The molecule has 5 rings (SSSR count). The highest BCUT2D eigenvalue weighted by molar-refractivity contribution is 6.30. The Balaban J connectivity index is 1.25. The molecule has 2 aliphatic rings. The topological polar surface area (TPSA) is 45.6 Å². The van der Waals surface area contributed by atoms with Gasteiger partial charge in [-0.1, -0.05) is 41.9 Å². The second kappa shape index (κ2) is 9.07. The Morgan fingerprint density at radius 1 is 1.03 bits per heavy atom. The van der Waals surface area contributed by atoms with Crippen LogP contribution in [0.4, 0.5) is 0 Å². The zero-order valence-electron chi connectivity index (χ0n) is 18.0. The van der Waals surface area contributed by atoms with Crippen LogP contribution in [0.1, 0.15) is 41.5 Å². The molecule has 0 aliphatic carbocycles. The molecule has 5 heteroatoms. The van der Waals surface area contributed by atoms with Crippen LogP contribution in [-0.2, 0) is 12.0 Å². The molecule has 0 bridgehead atoms. The zero-order chi connectivity index (χ0) is 22.0. The van der Waals surface area contributed by atoms with Crippen LogP contribution in [-0.4, -0.2) is 34.6 Å². The lowest BCUT2D eigenvalue weighted by molar-refractivity contribution is -0.0254. The molecule has 0 atom stereocenters. The maximum absolute atomic E-state index is 11.1. The average Bonchev–Trinajstić information content (AvgIpc) is 2.97. The molecule has 2 aliphatic heterocycles. The summed E-state index contributed by atoms with van der Waals surface area (Å²) in [5, 5.41) is 11.8. The first-order chi connectivity index (χ1) is 15.6. The predicted octanol–water partition coefficient (Wildman–Crippen LogP) is 5.43. The van der Waals surface area contributed by atoms with E-state index < -0.39 is 5.60 Å². The summed E-state index contributed by atoms with van der Waals surface area (Å²) in [4.78, 5) is 6.74. The van der Waals surface area contributed by atoms with Gasteiger partial charge in [-0.15, -0.1) is 0 Å². The van der Waals surface area contributed by atoms with Gasteiger partial charge in [0.2, 0.25) is 0 Å². The maximum Gasteiger partial charge on any atom is 0.131 e. The van der Waals surface area contributed by atoms with Gasteiger partial charge in [-0.05, 0) is 66.3 Å². The van der Waals surface area contributed by atoms with E-state index >= 15 is 0 Å². The minimum Gasteiger partial charge on any atom is -0.457 e. The number of hydrogen-bond donors (Lipinski definition) is 1. The van der Waals surface area contributed by atoms with Crippen molar-refractivity contribution in [2.75, 3.05) is 19.6 Å². The van der Waals surface area contributed by atoms with Crippen molar-refractivity contribution in [1.29, 1.82) is 0 Å². The van der Waals surface area contributed by atoms with E-state index in [0.29, 0.717) is 5.02 Å². The van der Waals surface area contributed by atoms with Crippen molar-refractivity contribution in [3.63, 3.8) is 0 Å². The molecule has 2 aromatic carbocycles. The molecule has 1 N–H and O–H groups in total. The van der Waals surface area contributed by atoms with Gasteiger partial charge in [0.15, 0.2) is 0 Å². The summed E-state index contributed by atoms with van der Waals surface area (Å²) in [6.07, 6.45) is 9.13. The van der Waals surface area contributed by atoms with Crippen molar-refractivity contribution < 1.29 is 9.84 Å². The fraction of sp³-hybridized carbons (Fsp3) is 0.296. The quantitative estimate of drug-likeness (QED) is 0.580. The van der Waals surface area contributed by atoms with Crippen LogP contribution in [0.3, 0.4) is 0 Å². The van der Waals surface area contributed by atoms with Gasteiger partial charge in [-0.25, -0.2) is 0 Å². The number of nitrogens with zero attached hydrogens (tertiary/aromatic N) is 2. The van der Waals surface area contributed by atoms with Crippen LogP contribution in [0.25, 0.3) is 5.76 Å². The van der Waals surface area contributed by atoms with Crippen LogP contribution in [0, 0.1) is 0 Å². The summed E-state index contributed by atoms with van der Waals surface area (Å²) >= 11 is 6.00. The Kier molecular flexibility index (Phi) is 6.01. The standard InChI is InChI=1S/C27H27ClN2O2/c28-23-9-7-22(8-10-23)27(31)12-16-30(17-13-27)15-3-6-26-24-11-14-29-19-21(24)18-20-4-1-2-5-25(20)32-26/h1-2,4-11,14,19,31H,3,12-13,15-18H2/b26-6+. The SMILES string of the molecule is OC1(c2ccc(Cl)cc2)CCN(CC/C=C2/Oc3ccccc3Cc3cnccc32)CC1. The van der Waals surface area contributed by atoms with Gasteiger partial charge in [0, 0.05) is 49.0 Å². The number of ether oxygens (including phenoxy) is 1. The maximum atomic E-state index is 11.1. The van der Waals surface area contributed by atoms with Crippen molar-refractivity contribution >= 4 is 17.4 Å². The summed E-state index contributed by atoms with van der Waals surface area (Å²) in [6, 6.07) is 17.8. The van der Waals surface area contributed by atoms with Gasteiger partial charge >= 0.3 is 0 Å². The summed E-state index contributed by atoms with van der Waals surface area (Å²) in [7, 11) is 0. The van der Waals surface area contributed by atoms with Crippen molar-refractivity contribution in [2.24, 2.45) is 0 Å². The van der Waals surface area contributed by atoms with E-state index in [9.17, 15) is 5.11 Å². The highest BCUT2D eigenvalue weighted by Crippen LogP contribution is 2.35. The number of likely N-dealkylation sites (tertiary alicyclic amines) is 1. The highest BCUT2D eigenvalue weighted by Gasteiger charge is 2.33. The summed E-state index contributed by atoms with van der Waals surface area (Å²) in [5.74, 6) is 1.82. The highest BCUT2D eigenvalue weighted by atomic mass is 35.5. The van der Waals surface area contributed by atoms with Crippen LogP contribution >= 0.6 is 11.6 Å². The molecule has 0 unspecified atom stereocenters. The molecule has 1 aromatic heterocycles. The van der Waals surface area contributed by atoms with E-state index in [0.717, 1.165) is 68.0 Å². The van der Waals surface area contributed by atoms with E-state index in [1.54, 1.807) is 0 Å². The van der Waals surface area contributed by atoms with Gasteiger partial charge in [0.25, 0.3) is 0 Å². The number of fused-ring (bicyclic) bond motifs is 2. The number of benzene rings is 2. The van der Waals surface area contributed by atoms with Crippen LogP contribution in [0.5, 0.6) is 5.75 Å². The lowest BCUT2D eigenvalue weighted by Gasteiger charge is -2.38. The molecule has 32 heavy (non-hydrogen) atoms. The fourth-order valence-electron chi connectivity index (χ4n) is 4.66. The number of piperidine rings is 1. The predicted molar refractivity (Wildman–Crippen MR) is 128 cm³/mol. The van der Waals surface area contributed by atoms with E-state index in [-0.39, 0.29) is 0 Å². The molecule has 0 saturated carbocycles. The Labute approximate surface area is 194 Å². The molecule has 164 valence electrons. The van der Waals surface area contributed by atoms with E-state index in [1.165, 1.54) is 11.1 Å². The van der Waals surface area contributed by atoms with Crippen molar-refractivity contribution in [2.45, 2.75) is 31.3 Å². The van der Waals surface area contributed by atoms with E-state index in [2.05, 4.69) is 28.1 Å². The monoisotopic (exact) mass is 446 g/mol. The van der Waals surface area contributed by atoms with Crippen LogP contribution in [0.15, 0.2) is 73.1 Å². The Morgan fingerprint density at radius 3 is 2.62 bits per heavy atom. The third kappa shape index (κ3) is 4.44. The number of aliphatic hydroxyl groups is 1. The Hall–Kier alpha value is -2.66. The second-order valence-electron chi connectivity index (χ2n) is 8.66. The lowest BCUT2D eigenvalue weighted by atomic mass is 9.84. The average molecular weight is 447 g/mol. The van der Waals surface area contributed by atoms with Crippen molar-refractivity contribution in [3.05, 3.63) is 100 Å². The molecule has 3 heterocycles. The van der Waals surface area contributed by atoms with Crippen LogP contribution in [0.2, 0.25) is 5.02 Å². The molecular weight excluding hydrogens is 420 g/mol. The minimum atomic E-state index is -0.764. The molecule has 0 amide bonds. The minimum absolute atomic E-state index is 0.698. The molecule has 1 fully saturated rings. The molecule has 0 radical (unpaired) electrons. The molecule has 3 aromatic rings. The first kappa shape index (κ1) is 21.2. The number of rotatable bonds is 4. The summed E-state index contributed by atoms with van der Waals surface area (Å²) in [5.41, 5.74) is 3.68. The molecular formula is C27H27ClN2O2. The first-order valence-electron chi connectivity index (χ1n) is 11.2. The summed E-state index contributed by atoms with van der Waals surface area (Å²) in [6.45, 7) is 2.67. The van der Waals surface area contributed by atoms with Gasteiger partial charge in [0.1, 0.15) is 11.5 Å². The third-order valence-corrected chi connectivity index (χ3v) is 6.83. The molecule has 1 saturated heterocycles. The number of para-hydroxylation sites is 1. The Bertz CT molecular complexity index is 1120. The number of aromatic nitrogens is 1. The number of pyridine rings is 1. The van der Waals surface area contributed by atoms with Crippen molar-refractivity contribution in [3.8, 4) is 5.75 Å². The summed E-state index contributed by atoms with van der Waals surface area (Å²) < 4.78 is 6.34. The third-order valence-electron chi connectivity index (χ3n) is 6.58. The normalized spacial score (nSPS) is 19.0. The van der Waals surface area contributed by atoms with Gasteiger partial charge in [-0.3, -0.25) is 4.98 Å². The largest absolute Gasteiger partial charge is 0.457 e. The zero-order valence-corrected chi connectivity index (χ0v) is 18.8. The Morgan fingerprint density at radius 2 is 1.81 bits per heavy atom. The number of hydrogen-bond acceptors (Lipinski definition) is 4. The second-order valence-corrected chi connectivity index (χ2v) is 9.09. The van der Waals surface area contributed by atoms with Gasteiger partial charge in [-0.2, -0.15) is 0 Å². The molecule has 4 nitrogen and oxygen atoms in total. The van der Waals surface area contributed by atoms with Gasteiger partial charge < -0.3 is 14.7 Å². The van der Waals surface area contributed by atoms with Gasteiger partial charge in [0.05, 0.1) is 5.60 Å². The number of halogens is 1. The van der Waals surface area contributed by atoms with Crippen LogP contribution < -0.4 is 4.74 Å². The lowest BCUT2D eigenvalue weighted by Crippen LogP contribution is -2.42. The molecule has 0 spiro atoms. The fourth-order valence-corrected chi connectivity index (χ4v) is 4.79.